The average molecular weight is 260 g/mol. The molecule has 2 nitrogen and oxygen atoms in total. The van der Waals surface area contributed by atoms with E-state index in [1.165, 1.54) is 10.8 Å². The van der Waals surface area contributed by atoms with Crippen LogP contribution in [0.25, 0.3) is 32.3 Å². The normalized spacial score (nSPS) is 11.4. The quantitative estimate of drug-likeness (QED) is 0.359. The Morgan fingerprint density at radius 2 is 0.800 bits per heavy atom. The van der Waals surface area contributed by atoms with Crippen molar-refractivity contribution in [2.45, 2.75) is 0 Å². The zero-order valence-corrected chi connectivity index (χ0v) is 10.7. The standard InChI is InChI=1S/C18H12O2/c19-17-9-15-7-13-5-11-3-1-2-4-12(11)6-14(13)8-16(15)10-18(17)20/h1-10,19-20H. The highest BCUT2D eigenvalue weighted by Crippen LogP contribution is 2.33. The second-order valence-corrected chi connectivity index (χ2v) is 5.09. The van der Waals surface area contributed by atoms with E-state index in [2.05, 4.69) is 24.3 Å². The molecule has 0 aliphatic heterocycles. The van der Waals surface area contributed by atoms with Crippen LogP contribution in [-0.4, -0.2) is 10.2 Å². The van der Waals surface area contributed by atoms with Crippen LogP contribution in [0, 0.1) is 0 Å². The number of benzene rings is 4. The van der Waals surface area contributed by atoms with Gasteiger partial charge in [-0.1, -0.05) is 24.3 Å². The van der Waals surface area contributed by atoms with Gasteiger partial charge in [-0.2, -0.15) is 0 Å². The maximum Gasteiger partial charge on any atom is 0.158 e. The molecule has 0 bridgehead atoms. The van der Waals surface area contributed by atoms with Crippen LogP contribution in [0.4, 0.5) is 0 Å². The van der Waals surface area contributed by atoms with E-state index in [1.54, 1.807) is 12.1 Å². The minimum atomic E-state index is -0.0855. The molecule has 0 amide bonds. The fourth-order valence-electron chi connectivity index (χ4n) is 2.72. The zero-order chi connectivity index (χ0) is 13.7. The first-order chi connectivity index (χ1) is 9.70. The molecule has 0 fully saturated rings. The molecule has 0 aromatic heterocycles. The summed E-state index contributed by atoms with van der Waals surface area (Å²) in [7, 11) is 0. The zero-order valence-electron chi connectivity index (χ0n) is 10.7. The van der Waals surface area contributed by atoms with E-state index in [0.717, 1.165) is 21.5 Å². The summed E-state index contributed by atoms with van der Waals surface area (Å²) in [6.07, 6.45) is 0. The molecule has 2 heteroatoms. The molecule has 0 saturated carbocycles. The summed E-state index contributed by atoms with van der Waals surface area (Å²) in [5.74, 6) is -0.171. The lowest BCUT2D eigenvalue weighted by Gasteiger charge is -2.06. The van der Waals surface area contributed by atoms with Crippen molar-refractivity contribution in [3.8, 4) is 11.5 Å². The Kier molecular flexibility index (Phi) is 2.15. The van der Waals surface area contributed by atoms with Gasteiger partial charge in [-0.25, -0.2) is 0 Å². The summed E-state index contributed by atoms with van der Waals surface area (Å²) in [5.41, 5.74) is 0. The Labute approximate surface area is 115 Å². The van der Waals surface area contributed by atoms with Gasteiger partial charge in [-0.15, -0.1) is 0 Å². The number of phenolic OH excluding ortho intramolecular Hbond substituents is 2. The van der Waals surface area contributed by atoms with Crippen LogP contribution in [0.1, 0.15) is 0 Å². The van der Waals surface area contributed by atoms with Crippen molar-refractivity contribution in [2.24, 2.45) is 0 Å². The molecular formula is C18H12O2. The van der Waals surface area contributed by atoms with E-state index in [-0.39, 0.29) is 11.5 Å². The van der Waals surface area contributed by atoms with Gasteiger partial charge in [0.15, 0.2) is 11.5 Å². The first-order valence-corrected chi connectivity index (χ1v) is 6.49. The van der Waals surface area contributed by atoms with Gasteiger partial charge in [0.1, 0.15) is 0 Å². The smallest absolute Gasteiger partial charge is 0.158 e. The van der Waals surface area contributed by atoms with E-state index >= 15 is 0 Å². The van der Waals surface area contributed by atoms with E-state index < -0.39 is 0 Å². The van der Waals surface area contributed by atoms with Crippen molar-refractivity contribution in [2.75, 3.05) is 0 Å². The number of phenols is 2. The lowest BCUT2D eigenvalue weighted by molar-refractivity contribution is 0.405. The van der Waals surface area contributed by atoms with Gasteiger partial charge < -0.3 is 10.2 Å². The third-order valence-electron chi connectivity index (χ3n) is 3.75. The largest absolute Gasteiger partial charge is 0.504 e. The average Bonchev–Trinajstić information content (AvgIpc) is 2.44. The Bertz CT molecular complexity index is 891. The van der Waals surface area contributed by atoms with Gasteiger partial charge in [-0.3, -0.25) is 0 Å². The summed E-state index contributed by atoms with van der Waals surface area (Å²) in [4.78, 5) is 0. The van der Waals surface area contributed by atoms with Crippen molar-refractivity contribution in [1.82, 2.24) is 0 Å². The van der Waals surface area contributed by atoms with E-state index in [9.17, 15) is 10.2 Å². The molecule has 0 unspecified atom stereocenters. The van der Waals surface area contributed by atoms with Crippen molar-refractivity contribution in [1.29, 1.82) is 0 Å². The summed E-state index contributed by atoms with van der Waals surface area (Å²) >= 11 is 0. The summed E-state index contributed by atoms with van der Waals surface area (Å²) in [5, 5.41) is 25.7. The van der Waals surface area contributed by atoms with Crippen molar-refractivity contribution in [3.05, 3.63) is 60.7 Å². The highest BCUT2D eigenvalue weighted by molar-refractivity contribution is 6.05. The Balaban J connectivity index is 2.15. The highest BCUT2D eigenvalue weighted by atomic mass is 16.3. The molecule has 0 radical (unpaired) electrons. The topological polar surface area (TPSA) is 40.5 Å². The monoisotopic (exact) mass is 260 g/mol. The van der Waals surface area contributed by atoms with Crippen LogP contribution in [0.2, 0.25) is 0 Å². The lowest BCUT2D eigenvalue weighted by Crippen LogP contribution is -1.79. The van der Waals surface area contributed by atoms with Crippen LogP contribution < -0.4 is 0 Å². The van der Waals surface area contributed by atoms with Crippen molar-refractivity contribution < 1.29 is 10.2 Å². The predicted octanol–water partition coefficient (Wildman–Crippen LogP) is 4.56. The molecule has 0 aliphatic rings. The first kappa shape index (κ1) is 11.1. The van der Waals surface area contributed by atoms with Crippen LogP contribution in [0.15, 0.2) is 60.7 Å². The number of hydrogen-bond donors (Lipinski definition) is 2. The molecule has 4 aromatic carbocycles. The molecule has 2 N–H and O–H groups in total. The van der Waals surface area contributed by atoms with Crippen LogP contribution in [-0.2, 0) is 0 Å². The Morgan fingerprint density at radius 3 is 1.25 bits per heavy atom. The number of fused-ring (bicyclic) bond motifs is 3. The molecule has 0 heterocycles. The van der Waals surface area contributed by atoms with E-state index in [1.807, 2.05) is 24.3 Å². The molecule has 0 saturated heterocycles. The van der Waals surface area contributed by atoms with Crippen molar-refractivity contribution >= 4 is 32.3 Å². The predicted molar refractivity (Wildman–Crippen MR) is 82.3 cm³/mol. The number of aromatic hydroxyl groups is 2. The fraction of sp³-hybridized carbons (Fsp3) is 0. The molecule has 0 atom stereocenters. The maximum absolute atomic E-state index is 9.61. The molecule has 4 aromatic rings. The SMILES string of the molecule is Oc1cc2cc3cc4ccccc4cc3cc2cc1O. The van der Waals surface area contributed by atoms with E-state index in [4.69, 9.17) is 0 Å². The second-order valence-electron chi connectivity index (χ2n) is 5.09. The summed E-state index contributed by atoms with van der Waals surface area (Å²) < 4.78 is 0. The Hall–Kier alpha value is -2.74. The molecule has 96 valence electrons. The van der Waals surface area contributed by atoms with Gasteiger partial charge in [0, 0.05) is 0 Å². The fourth-order valence-corrected chi connectivity index (χ4v) is 2.72. The summed E-state index contributed by atoms with van der Waals surface area (Å²) in [6.45, 7) is 0. The molecule has 4 rings (SSSR count). The minimum absolute atomic E-state index is 0.0855. The third kappa shape index (κ3) is 1.58. The summed E-state index contributed by atoms with van der Waals surface area (Å²) in [6, 6.07) is 19.8. The van der Waals surface area contributed by atoms with Gasteiger partial charge in [-0.05, 0) is 68.7 Å². The minimum Gasteiger partial charge on any atom is -0.504 e. The highest BCUT2D eigenvalue weighted by Gasteiger charge is 2.05. The number of hydrogen-bond acceptors (Lipinski definition) is 2. The lowest BCUT2D eigenvalue weighted by atomic mass is 9.99. The van der Waals surface area contributed by atoms with Gasteiger partial charge in [0.2, 0.25) is 0 Å². The van der Waals surface area contributed by atoms with Gasteiger partial charge in [0.25, 0.3) is 0 Å². The number of rotatable bonds is 0. The maximum atomic E-state index is 9.61. The third-order valence-corrected chi connectivity index (χ3v) is 3.75. The van der Waals surface area contributed by atoms with Crippen molar-refractivity contribution in [3.63, 3.8) is 0 Å². The molecular weight excluding hydrogens is 248 g/mol. The first-order valence-electron chi connectivity index (χ1n) is 6.49. The van der Waals surface area contributed by atoms with Crippen LogP contribution in [0.5, 0.6) is 11.5 Å². The second kappa shape index (κ2) is 3.87. The molecule has 20 heavy (non-hydrogen) atoms. The van der Waals surface area contributed by atoms with Crippen LogP contribution >= 0.6 is 0 Å². The molecule has 0 spiro atoms. The Morgan fingerprint density at radius 1 is 0.450 bits per heavy atom. The van der Waals surface area contributed by atoms with Crippen LogP contribution in [0.3, 0.4) is 0 Å². The van der Waals surface area contributed by atoms with Gasteiger partial charge >= 0.3 is 0 Å². The van der Waals surface area contributed by atoms with Gasteiger partial charge in [0.05, 0.1) is 0 Å². The van der Waals surface area contributed by atoms with E-state index in [0.29, 0.717) is 0 Å². The molecule has 0 aliphatic carbocycles.